The number of aromatic nitrogens is 2. The summed E-state index contributed by atoms with van der Waals surface area (Å²) in [5.41, 5.74) is 0. The third kappa shape index (κ3) is 4.41. The molecule has 0 saturated carbocycles. The molecule has 7 nitrogen and oxygen atoms in total. The monoisotopic (exact) mass is 412 g/mol. The summed E-state index contributed by atoms with van der Waals surface area (Å²) in [7, 11) is 3.51. The minimum atomic E-state index is 0.0497. The van der Waals surface area contributed by atoms with E-state index in [1.807, 2.05) is 11.9 Å². The number of halogens is 1. The fourth-order valence-electron chi connectivity index (χ4n) is 3.47. The van der Waals surface area contributed by atoms with Crippen LogP contribution in [0.25, 0.3) is 0 Å². The Morgan fingerprint density at radius 2 is 2.20 bits per heavy atom. The van der Waals surface area contributed by atoms with Crippen molar-refractivity contribution in [1.29, 1.82) is 0 Å². The van der Waals surface area contributed by atoms with Crippen LogP contribution in [0.2, 0.25) is 0 Å². The zero-order chi connectivity index (χ0) is 17.8. The zero-order valence-corrected chi connectivity index (χ0v) is 16.4. The first kappa shape index (κ1) is 18.4. The van der Waals surface area contributed by atoms with Crippen molar-refractivity contribution in [2.75, 3.05) is 51.9 Å². The fraction of sp³-hybridized carbons (Fsp3) is 0.706. The molecule has 1 atom stereocenters. The average molecular weight is 413 g/mol. The van der Waals surface area contributed by atoms with Crippen LogP contribution in [0.3, 0.4) is 0 Å². The van der Waals surface area contributed by atoms with Gasteiger partial charge in [-0.25, -0.2) is 4.98 Å². The standard InChI is InChI=1S/C17H25BrN4O3/c1-21(16(23)13-5-8-25-11-13)10-12-3-6-22(7-4-12)17-19-9-14(18)15(20-17)24-2/h9,12-13H,3-8,10-11H2,1-2H3. The van der Waals surface area contributed by atoms with Crippen molar-refractivity contribution in [1.82, 2.24) is 14.9 Å². The molecule has 2 aliphatic rings. The molecule has 25 heavy (non-hydrogen) atoms. The van der Waals surface area contributed by atoms with Gasteiger partial charge in [0.15, 0.2) is 0 Å². The van der Waals surface area contributed by atoms with Crippen LogP contribution in [0.15, 0.2) is 10.7 Å². The quantitative estimate of drug-likeness (QED) is 0.736. The van der Waals surface area contributed by atoms with Gasteiger partial charge >= 0.3 is 0 Å². The minimum absolute atomic E-state index is 0.0497. The smallest absolute Gasteiger partial charge is 0.232 e. The highest BCUT2D eigenvalue weighted by Crippen LogP contribution is 2.27. The summed E-state index contributed by atoms with van der Waals surface area (Å²) >= 11 is 3.38. The van der Waals surface area contributed by atoms with Crippen molar-refractivity contribution in [2.24, 2.45) is 11.8 Å². The Morgan fingerprint density at radius 1 is 1.44 bits per heavy atom. The lowest BCUT2D eigenvalue weighted by molar-refractivity contribution is -0.134. The van der Waals surface area contributed by atoms with Crippen molar-refractivity contribution in [3.05, 3.63) is 10.7 Å². The van der Waals surface area contributed by atoms with Gasteiger partial charge in [0.2, 0.25) is 17.7 Å². The Bertz CT molecular complexity index is 602. The Hall–Kier alpha value is -1.41. The van der Waals surface area contributed by atoms with E-state index in [1.54, 1.807) is 13.3 Å². The van der Waals surface area contributed by atoms with E-state index in [2.05, 4.69) is 30.8 Å². The molecule has 1 unspecified atom stereocenters. The molecule has 1 aromatic heterocycles. The van der Waals surface area contributed by atoms with Crippen LogP contribution in [0.1, 0.15) is 19.3 Å². The van der Waals surface area contributed by atoms with Crippen LogP contribution in [0.5, 0.6) is 5.88 Å². The van der Waals surface area contributed by atoms with Crippen molar-refractivity contribution >= 4 is 27.8 Å². The molecule has 0 radical (unpaired) electrons. The molecule has 0 aliphatic carbocycles. The minimum Gasteiger partial charge on any atom is -0.480 e. The van der Waals surface area contributed by atoms with E-state index in [0.29, 0.717) is 31.0 Å². The number of nitrogens with zero attached hydrogens (tertiary/aromatic N) is 4. The molecule has 1 aromatic rings. The zero-order valence-electron chi connectivity index (χ0n) is 14.8. The normalized spacial score (nSPS) is 21.4. The van der Waals surface area contributed by atoms with Crippen LogP contribution in [-0.4, -0.2) is 67.8 Å². The molecule has 3 rings (SSSR count). The molecule has 1 amide bonds. The van der Waals surface area contributed by atoms with Crippen molar-refractivity contribution in [3.8, 4) is 5.88 Å². The average Bonchev–Trinajstić information content (AvgIpc) is 3.17. The van der Waals surface area contributed by atoms with Gasteiger partial charge in [-0.2, -0.15) is 4.98 Å². The number of amides is 1. The number of piperidine rings is 1. The first-order valence-electron chi connectivity index (χ1n) is 8.72. The van der Waals surface area contributed by atoms with E-state index >= 15 is 0 Å². The van der Waals surface area contributed by atoms with Crippen LogP contribution in [0.4, 0.5) is 5.95 Å². The number of rotatable bonds is 5. The molecule has 8 heteroatoms. The highest BCUT2D eigenvalue weighted by atomic mass is 79.9. The van der Waals surface area contributed by atoms with Crippen molar-refractivity contribution < 1.29 is 14.3 Å². The maximum Gasteiger partial charge on any atom is 0.232 e. The maximum absolute atomic E-state index is 12.4. The molecule has 138 valence electrons. The van der Waals surface area contributed by atoms with Gasteiger partial charge in [0, 0.05) is 33.3 Å². The maximum atomic E-state index is 12.4. The number of anilines is 1. The topological polar surface area (TPSA) is 67.8 Å². The molecule has 2 fully saturated rings. The van der Waals surface area contributed by atoms with E-state index in [4.69, 9.17) is 9.47 Å². The van der Waals surface area contributed by atoms with Gasteiger partial charge in [0.25, 0.3) is 0 Å². The molecule has 3 heterocycles. The Labute approximate surface area is 156 Å². The fourth-order valence-corrected chi connectivity index (χ4v) is 3.82. The first-order chi connectivity index (χ1) is 12.1. The Kier molecular flexibility index (Phi) is 6.11. The predicted octanol–water partition coefficient (Wildman–Crippen LogP) is 1.96. The summed E-state index contributed by atoms with van der Waals surface area (Å²) in [5.74, 6) is 2.04. The van der Waals surface area contributed by atoms with Gasteiger partial charge in [-0.1, -0.05) is 0 Å². The molecule has 2 saturated heterocycles. The molecule has 2 aliphatic heterocycles. The highest BCUT2D eigenvalue weighted by molar-refractivity contribution is 9.10. The van der Waals surface area contributed by atoms with Gasteiger partial charge in [0.05, 0.1) is 30.3 Å². The summed E-state index contributed by atoms with van der Waals surface area (Å²) in [4.78, 5) is 25.3. The molecule has 0 bridgehead atoms. The van der Waals surface area contributed by atoms with Gasteiger partial charge in [-0.05, 0) is 41.1 Å². The van der Waals surface area contributed by atoms with E-state index in [0.717, 1.165) is 43.4 Å². The number of carbonyl (C=O) groups is 1. The van der Waals surface area contributed by atoms with E-state index in [9.17, 15) is 4.79 Å². The first-order valence-corrected chi connectivity index (χ1v) is 9.52. The molecule has 0 spiro atoms. The van der Waals surface area contributed by atoms with Crippen LogP contribution in [-0.2, 0) is 9.53 Å². The van der Waals surface area contributed by atoms with E-state index in [-0.39, 0.29) is 11.8 Å². The van der Waals surface area contributed by atoms with E-state index in [1.165, 1.54) is 0 Å². The lowest BCUT2D eigenvalue weighted by Crippen LogP contribution is -2.41. The third-order valence-electron chi connectivity index (χ3n) is 4.98. The lowest BCUT2D eigenvalue weighted by Gasteiger charge is -2.34. The third-order valence-corrected chi connectivity index (χ3v) is 5.52. The largest absolute Gasteiger partial charge is 0.480 e. The van der Waals surface area contributed by atoms with Crippen molar-refractivity contribution in [2.45, 2.75) is 19.3 Å². The van der Waals surface area contributed by atoms with Gasteiger partial charge < -0.3 is 19.3 Å². The number of hydrogen-bond donors (Lipinski definition) is 0. The number of ether oxygens (including phenoxy) is 2. The molecule has 0 N–H and O–H groups in total. The number of hydrogen-bond acceptors (Lipinski definition) is 6. The Morgan fingerprint density at radius 3 is 2.84 bits per heavy atom. The SMILES string of the molecule is COc1nc(N2CCC(CN(C)C(=O)C3CCOC3)CC2)ncc1Br. The Balaban J connectivity index is 1.50. The van der Waals surface area contributed by atoms with Crippen LogP contribution < -0.4 is 9.64 Å². The highest BCUT2D eigenvalue weighted by Gasteiger charge is 2.29. The summed E-state index contributed by atoms with van der Waals surface area (Å²) in [6.07, 6.45) is 4.63. The van der Waals surface area contributed by atoms with Crippen LogP contribution in [0, 0.1) is 11.8 Å². The second-order valence-electron chi connectivity index (χ2n) is 6.74. The lowest BCUT2D eigenvalue weighted by atomic mass is 9.96. The second-order valence-corrected chi connectivity index (χ2v) is 7.59. The number of methoxy groups -OCH3 is 1. The summed E-state index contributed by atoms with van der Waals surface area (Å²) in [6.45, 7) is 3.88. The van der Waals surface area contributed by atoms with Gasteiger partial charge in [-0.3, -0.25) is 4.79 Å². The predicted molar refractivity (Wildman–Crippen MR) is 97.8 cm³/mol. The summed E-state index contributed by atoms with van der Waals surface area (Å²) in [6, 6.07) is 0. The van der Waals surface area contributed by atoms with Gasteiger partial charge in [0.1, 0.15) is 0 Å². The van der Waals surface area contributed by atoms with Crippen molar-refractivity contribution in [3.63, 3.8) is 0 Å². The van der Waals surface area contributed by atoms with Gasteiger partial charge in [-0.15, -0.1) is 0 Å². The molecule has 0 aromatic carbocycles. The second kappa shape index (κ2) is 8.31. The van der Waals surface area contributed by atoms with E-state index < -0.39 is 0 Å². The molecular weight excluding hydrogens is 388 g/mol. The molecular formula is C17H25BrN4O3. The van der Waals surface area contributed by atoms with Crippen LogP contribution >= 0.6 is 15.9 Å². The summed E-state index contributed by atoms with van der Waals surface area (Å²) in [5, 5.41) is 0. The summed E-state index contributed by atoms with van der Waals surface area (Å²) < 4.78 is 11.3. The number of carbonyl (C=O) groups excluding carboxylic acids is 1.